The molecule has 1 N–H and O–H groups in total. The van der Waals surface area contributed by atoms with Crippen LogP contribution in [0.25, 0.3) is 11.5 Å². The van der Waals surface area contributed by atoms with E-state index in [-0.39, 0.29) is 0 Å². The van der Waals surface area contributed by atoms with Crippen LogP contribution >= 0.6 is 0 Å². The van der Waals surface area contributed by atoms with E-state index in [4.69, 9.17) is 4.42 Å². The number of nitrogens with zero attached hydrogens (tertiary/aromatic N) is 4. The predicted molar refractivity (Wildman–Crippen MR) is 80.9 cm³/mol. The van der Waals surface area contributed by atoms with E-state index in [2.05, 4.69) is 39.6 Å². The van der Waals surface area contributed by atoms with Crippen molar-refractivity contribution in [2.75, 3.05) is 6.54 Å². The highest BCUT2D eigenvalue weighted by atomic mass is 16.4. The SMILES string of the molecule is CCc1nnc(C)cc1-c1nnc(CCCNC(C)C)o1. The summed E-state index contributed by atoms with van der Waals surface area (Å²) in [5.41, 5.74) is 2.63. The summed E-state index contributed by atoms with van der Waals surface area (Å²) in [6.45, 7) is 9.17. The van der Waals surface area contributed by atoms with Crippen LogP contribution in [0.5, 0.6) is 0 Å². The molecule has 6 nitrogen and oxygen atoms in total. The Bertz CT molecular complexity index is 579. The third-order valence-electron chi connectivity index (χ3n) is 3.14. The van der Waals surface area contributed by atoms with Gasteiger partial charge in [0.25, 0.3) is 0 Å². The molecular formula is C15H23N5O. The summed E-state index contributed by atoms with van der Waals surface area (Å²) >= 11 is 0. The smallest absolute Gasteiger partial charge is 0.249 e. The molecule has 0 aromatic carbocycles. The second-order valence-corrected chi connectivity index (χ2v) is 5.41. The zero-order chi connectivity index (χ0) is 15.2. The lowest BCUT2D eigenvalue weighted by Gasteiger charge is -2.05. The number of hydrogen-bond acceptors (Lipinski definition) is 6. The lowest BCUT2D eigenvalue weighted by Crippen LogP contribution is -2.23. The fourth-order valence-corrected chi connectivity index (χ4v) is 2.05. The standard InChI is InChI=1S/C15H23N5O/c1-5-13-12(9-11(4)17-18-13)15-20-19-14(21-15)7-6-8-16-10(2)3/h9-10,16H,5-8H2,1-4H3. The Kier molecular flexibility index (Phi) is 5.38. The van der Waals surface area contributed by atoms with Crippen LogP contribution in [-0.2, 0) is 12.8 Å². The molecule has 6 heteroatoms. The van der Waals surface area contributed by atoms with E-state index < -0.39 is 0 Å². The lowest BCUT2D eigenvalue weighted by atomic mass is 10.1. The highest BCUT2D eigenvalue weighted by Crippen LogP contribution is 2.22. The molecule has 0 aliphatic heterocycles. The monoisotopic (exact) mass is 289 g/mol. The van der Waals surface area contributed by atoms with Gasteiger partial charge in [-0.3, -0.25) is 0 Å². The second-order valence-electron chi connectivity index (χ2n) is 5.41. The van der Waals surface area contributed by atoms with Crippen molar-refractivity contribution < 1.29 is 4.42 Å². The minimum atomic E-state index is 0.501. The van der Waals surface area contributed by atoms with E-state index in [9.17, 15) is 0 Å². The molecule has 114 valence electrons. The average molecular weight is 289 g/mol. The normalized spacial score (nSPS) is 11.3. The molecule has 21 heavy (non-hydrogen) atoms. The Balaban J connectivity index is 2.04. The van der Waals surface area contributed by atoms with E-state index in [1.165, 1.54) is 0 Å². The van der Waals surface area contributed by atoms with Gasteiger partial charge >= 0.3 is 0 Å². The van der Waals surface area contributed by atoms with Crippen LogP contribution in [0.15, 0.2) is 10.5 Å². The van der Waals surface area contributed by atoms with E-state index in [1.807, 2.05) is 19.9 Å². The molecule has 0 fully saturated rings. The Labute approximate surface area is 125 Å². The maximum atomic E-state index is 5.76. The molecule has 0 amide bonds. The molecule has 0 atom stereocenters. The van der Waals surface area contributed by atoms with E-state index in [0.717, 1.165) is 42.8 Å². The molecule has 2 aromatic heterocycles. The molecule has 0 saturated heterocycles. The maximum Gasteiger partial charge on any atom is 0.249 e. The molecule has 0 aliphatic rings. The first kappa shape index (κ1) is 15.6. The fraction of sp³-hybridized carbons (Fsp3) is 0.600. The number of aromatic nitrogens is 4. The zero-order valence-corrected chi connectivity index (χ0v) is 13.2. The molecular weight excluding hydrogens is 266 g/mol. The zero-order valence-electron chi connectivity index (χ0n) is 13.2. The summed E-state index contributed by atoms with van der Waals surface area (Å²) in [6, 6.07) is 2.45. The van der Waals surface area contributed by atoms with Gasteiger partial charge in [-0.15, -0.1) is 10.2 Å². The molecule has 0 saturated carbocycles. The van der Waals surface area contributed by atoms with Gasteiger partial charge in [-0.05, 0) is 32.4 Å². The first-order valence-electron chi connectivity index (χ1n) is 7.49. The minimum Gasteiger partial charge on any atom is -0.421 e. The summed E-state index contributed by atoms with van der Waals surface area (Å²) in [4.78, 5) is 0. The molecule has 2 rings (SSSR count). The van der Waals surface area contributed by atoms with Crippen LogP contribution in [0.1, 0.15) is 44.5 Å². The summed E-state index contributed by atoms with van der Waals surface area (Å²) in [5.74, 6) is 1.21. The number of aryl methyl sites for hydroxylation is 3. The highest BCUT2D eigenvalue weighted by Gasteiger charge is 2.14. The Morgan fingerprint density at radius 3 is 2.71 bits per heavy atom. The van der Waals surface area contributed by atoms with Gasteiger partial charge in [-0.1, -0.05) is 20.8 Å². The van der Waals surface area contributed by atoms with Gasteiger partial charge in [0.2, 0.25) is 11.8 Å². The third-order valence-corrected chi connectivity index (χ3v) is 3.14. The number of hydrogen-bond donors (Lipinski definition) is 1. The van der Waals surface area contributed by atoms with Gasteiger partial charge in [0.1, 0.15) is 0 Å². The van der Waals surface area contributed by atoms with Crippen LogP contribution < -0.4 is 5.32 Å². The minimum absolute atomic E-state index is 0.501. The Morgan fingerprint density at radius 1 is 1.19 bits per heavy atom. The third kappa shape index (κ3) is 4.32. The molecule has 0 unspecified atom stereocenters. The molecule has 0 aliphatic carbocycles. The first-order chi connectivity index (χ1) is 10.1. The van der Waals surface area contributed by atoms with Gasteiger partial charge < -0.3 is 9.73 Å². The van der Waals surface area contributed by atoms with Crippen LogP contribution in [0, 0.1) is 6.92 Å². The van der Waals surface area contributed by atoms with Gasteiger partial charge in [-0.25, -0.2) is 0 Å². The van der Waals surface area contributed by atoms with Crippen LogP contribution in [-0.4, -0.2) is 33.0 Å². The van der Waals surface area contributed by atoms with Crippen LogP contribution in [0.4, 0.5) is 0 Å². The largest absolute Gasteiger partial charge is 0.421 e. The topological polar surface area (TPSA) is 76.7 Å². The van der Waals surface area contributed by atoms with Crippen molar-refractivity contribution in [3.63, 3.8) is 0 Å². The number of rotatable bonds is 7. The van der Waals surface area contributed by atoms with Crippen molar-refractivity contribution in [2.45, 2.75) is 53.0 Å². The molecule has 0 spiro atoms. The summed E-state index contributed by atoms with van der Waals surface area (Å²) < 4.78 is 5.76. The first-order valence-corrected chi connectivity index (χ1v) is 7.49. The van der Waals surface area contributed by atoms with Crippen molar-refractivity contribution in [2.24, 2.45) is 0 Å². The van der Waals surface area contributed by atoms with Gasteiger partial charge in [-0.2, -0.15) is 10.2 Å². The van der Waals surface area contributed by atoms with Crippen LogP contribution in [0.2, 0.25) is 0 Å². The van der Waals surface area contributed by atoms with Crippen molar-refractivity contribution in [1.29, 1.82) is 0 Å². The van der Waals surface area contributed by atoms with Crippen molar-refractivity contribution >= 4 is 0 Å². The summed E-state index contributed by atoms with van der Waals surface area (Å²) in [5, 5.41) is 19.9. The second kappa shape index (κ2) is 7.26. The maximum absolute atomic E-state index is 5.76. The fourth-order valence-electron chi connectivity index (χ4n) is 2.05. The highest BCUT2D eigenvalue weighted by molar-refractivity contribution is 5.56. The lowest BCUT2D eigenvalue weighted by molar-refractivity contribution is 0.483. The van der Waals surface area contributed by atoms with Gasteiger partial charge in [0.15, 0.2) is 0 Å². The van der Waals surface area contributed by atoms with Crippen LogP contribution in [0.3, 0.4) is 0 Å². The number of nitrogens with one attached hydrogen (secondary N) is 1. The predicted octanol–water partition coefficient (Wildman–Crippen LogP) is 2.33. The molecule has 0 bridgehead atoms. The molecule has 2 aromatic rings. The van der Waals surface area contributed by atoms with E-state index in [0.29, 0.717) is 17.8 Å². The summed E-state index contributed by atoms with van der Waals surface area (Å²) in [6.07, 6.45) is 2.55. The van der Waals surface area contributed by atoms with Crippen molar-refractivity contribution in [1.82, 2.24) is 25.7 Å². The van der Waals surface area contributed by atoms with Gasteiger partial charge in [0, 0.05) is 12.5 Å². The average Bonchev–Trinajstić information content (AvgIpc) is 2.92. The van der Waals surface area contributed by atoms with E-state index >= 15 is 0 Å². The quantitative estimate of drug-likeness (QED) is 0.788. The van der Waals surface area contributed by atoms with E-state index in [1.54, 1.807) is 0 Å². The summed E-state index contributed by atoms with van der Waals surface area (Å²) in [7, 11) is 0. The van der Waals surface area contributed by atoms with Gasteiger partial charge in [0.05, 0.1) is 17.0 Å². The van der Waals surface area contributed by atoms with Crippen molar-refractivity contribution in [3.8, 4) is 11.5 Å². The molecule has 2 heterocycles. The van der Waals surface area contributed by atoms with Crippen molar-refractivity contribution in [3.05, 3.63) is 23.3 Å². The Hall–Kier alpha value is -1.82. The Morgan fingerprint density at radius 2 is 2.00 bits per heavy atom. The molecule has 0 radical (unpaired) electrons.